The van der Waals surface area contributed by atoms with Gasteiger partial charge in [-0.15, -0.1) is 0 Å². The number of carbonyl (C=O) groups is 1. The summed E-state index contributed by atoms with van der Waals surface area (Å²) in [5.74, 6) is 0.705. The van der Waals surface area contributed by atoms with Gasteiger partial charge in [0, 0.05) is 82.3 Å². The topological polar surface area (TPSA) is 71.7 Å². The smallest absolute Gasteiger partial charge is 0.381 e. The van der Waals surface area contributed by atoms with Crippen LogP contribution in [0, 0.1) is 0 Å². The molecule has 0 N–H and O–H groups in total. The van der Waals surface area contributed by atoms with Crippen LogP contribution >= 0.6 is 0 Å². The summed E-state index contributed by atoms with van der Waals surface area (Å²) < 4.78 is 52.9. The molecule has 3 aliphatic rings. The molecule has 3 aromatic rings. The second-order valence-corrected chi connectivity index (χ2v) is 11.3. The minimum absolute atomic E-state index is 0.00170. The fraction of sp³-hybridized carbons (Fsp3) is 0.552. The van der Waals surface area contributed by atoms with Crippen molar-refractivity contribution in [3.8, 4) is 11.1 Å². The van der Waals surface area contributed by atoms with Gasteiger partial charge in [-0.1, -0.05) is 6.92 Å². The molecule has 1 atom stereocenters. The largest absolute Gasteiger partial charge is 0.417 e. The van der Waals surface area contributed by atoms with E-state index in [-0.39, 0.29) is 23.6 Å². The number of anilines is 3. The monoisotopic (exact) mass is 571 g/mol. The average molecular weight is 572 g/mol. The van der Waals surface area contributed by atoms with Crippen LogP contribution in [0.15, 0.2) is 24.5 Å². The van der Waals surface area contributed by atoms with Crippen LogP contribution in [-0.4, -0.2) is 69.8 Å². The predicted octanol–water partition coefficient (Wildman–Crippen LogP) is 4.93. The summed E-state index contributed by atoms with van der Waals surface area (Å²) in [6, 6.07) is 3.05. The Morgan fingerprint density at radius 1 is 1.15 bits per heavy atom. The third kappa shape index (κ3) is 4.85. The zero-order valence-corrected chi connectivity index (χ0v) is 23.9. The number of hydrogen-bond acceptors (Lipinski definition) is 6. The lowest BCUT2D eigenvalue weighted by atomic mass is 9.96. The Morgan fingerprint density at radius 2 is 1.90 bits per heavy atom. The van der Waals surface area contributed by atoms with Crippen LogP contribution in [0.5, 0.6) is 0 Å². The first-order chi connectivity index (χ1) is 19.6. The summed E-state index contributed by atoms with van der Waals surface area (Å²) in [6.45, 7) is 6.68. The normalized spacial score (nSPS) is 19.9. The summed E-state index contributed by atoms with van der Waals surface area (Å²) >= 11 is 0. The molecule has 1 aromatic carbocycles. The van der Waals surface area contributed by atoms with E-state index in [1.807, 2.05) is 28.7 Å². The van der Waals surface area contributed by atoms with Gasteiger partial charge in [0.25, 0.3) is 0 Å². The molecule has 220 valence electrons. The van der Waals surface area contributed by atoms with Gasteiger partial charge in [-0.2, -0.15) is 23.4 Å². The maximum Gasteiger partial charge on any atom is 0.417 e. The van der Waals surface area contributed by atoms with Crippen LogP contribution in [0.1, 0.15) is 56.0 Å². The first-order valence-electron chi connectivity index (χ1n) is 14.3. The number of ether oxygens (including phenoxy) is 1. The molecule has 0 bridgehead atoms. The number of alkyl halides is 3. The van der Waals surface area contributed by atoms with E-state index in [0.717, 1.165) is 24.1 Å². The van der Waals surface area contributed by atoms with Crippen LogP contribution in [0.4, 0.5) is 30.4 Å². The molecule has 0 unspecified atom stereocenters. The number of aryl methyl sites for hydroxylation is 1. The van der Waals surface area contributed by atoms with Gasteiger partial charge in [0.15, 0.2) is 5.82 Å². The van der Waals surface area contributed by atoms with E-state index in [0.29, 0.717) is 68.4 Å². The van der Waals surface area contributed by atoms with E-state index in [9.17, 15) is 18.0 Å². The molecular formula is C29H36F3N7O2. The Labute approximate surface area is 237 Å². The van der Waals surface area contributed by atoms with Crippen molar-refractivity contribution in [2.24, 2.45) is 7.05 Å². The van der Waals surface area contributed by atoms with Crippen molar-refractivity contribution in [1.29, 1.82) is 0 Å². The van der Waals surface area contributed by atoms with E-state index >= 15 is 0 Å². The van der Waals surface area contributed by atoms with Gasteiger partial charge in [-0.3, -0.25) is 14.2 Å². The highest BCUT2D eigenvalue weighted by atomic mass is 19.4. The Balaban J connectivity index is 1.53. The molecule has 41 heavy (non-hydrogen) atoms. The molecule has 1 amide bonds. The molecule has 1 fully saturated rings. The molecule has 3 aliphatic heterocycles. The first kappa shape index (κ1) is 27.6. The number of halogens is 3. The zero-order chi connectivity index (χ0) is 29.1. The summed E-state index contributed by atoms with van der Waals surface area (Å²) in [5.41, 5.74) is 2.96. The molecule has 2 aromatic heterocycles. The van der Waals surface area contributed by atoms with Crippen molar-refractivity contribution in [3.63, 3.8) is 0 Å². The van der Waals surface area contributed by atoms with Gasteiger partial charge in [0.05, 0.1) is 35.7 Å². The van der Waals surface area contributed by atoms with E-state index in [1.165, 1.54) is 16.9 Å². The molecule has 6 rings (SSSR count). The fourth-order valence-corrected chi connectivity index (χ4v) is 6.35. The zero-order valence-electron chi connectivity index (χ0n) is 23.9. The Kier molecular flexibility index (Phi) is 6.99. The molecule has 5 heterocycles. The molecule has 9 nitrogen and oxygen atoms in total. The number of hydrogen-bond donors (Lipinski definition) is 0. The summed E-state index contributed by atoms with van der Waals surface area (Å²) in [5, 5.41) is 9.25. The van der Waals surface area contributed by atoms with Crippen molar-refractivity contribution < 1.29 is 22.7 Å². The van der Waals surface area contributed by atoms with E-state index in [2.05, 4.69) is 16.7 Å². The molecule has 0 radical (unpaired) electrons. The van der Waals surface area contributed by atoms with Crippen LogP contribution in [0.25, 0.3) is 11.1 Å². The van der Waals surface area contributed by atoms with Crippen molar-refractivity contribution in [1.82, 2.24) is 24.5 Å². The maximum atomic E-state index is 14.6. The van der Waals surface area contributed by atoms with Crippen LogP contribution < -0.4 is 9.80 Å². The van der Waals surface area contributed by atoms with Gasteiger partial charge in [0.1, 0.15) is 0 Å². The minimum Gasteiger partial charge on any atom is -0.381 e. The standard InChI is InChI=1S/C29H36F3N7O2/c1-5-27(40)37-9-6-24-22(17-37)28(34-39(24)20-7-10-41-11-8-20)38-15-18(2)36(4)25-12-21(19-14-33-35(3)16-19)23(13-26(25)38)29(30,31)32/h12-14,16,18,20H,5-11,15,17H2,1-4H3/t18-/m0/s1. The van der Waals surface area contributed by atoms with Crippen LogP contribution in [-0.2, 0) is 35.7 Å². The third-order valence-corrected chi connectivity index (χ3v) is 8.73. The van der Waals surface area contributed by atoms with Gasteiger partial charge in [0.2, 0.25) is 5.91 Å². The lowest BCUT2D eigenvalue weighted by Crippen LogP contribution is -2.44. The number of fused-ring (bicyclic) bond motifs is 2. The van der Waals surface area contributed by atoms with Crippen molar-refractivity contribution in [3.05, 3.63) is 41.3 Å². The number of aromatic nitrogens is 4. The number of carbonyl (C=O) groups excluding carboxylic acids is 1. The summed E-state index contributed by atoms with van der Waals surface area (Å²) in [4.78, 5) is 18.5. The van der Waals surface area contributed by atoms with Crippen molar-refractivity contribution in [2.45, 2.75) is 64.3 Å². The Hall–Kier alpha value is -3.54. The van der Waals surface area contributed by atoms with Gasteiger partial charge in [-0.05, 0) is 37.5 Å². The summed E-state index contributed by atoms with van der Waals surface area (Å²) in [7, 11) is 3.61. The second-order valence-electron chi connectivity index (χ2n) is 11.3. The molecule has 0 saturated carbocycles. The highest BCUT2D eigenvalue weighted by Gasteiger charge is 2.40. The summed E-state index contributed by atoms with van der Waals surface area (Å²) in [6.07, 6.45) is 1.22. The number of amides is 1. The molecule has 12 heteroatoms. The third-order valence-electron chi connectivity index (χ3n) is 8.73. The van der Waals surface area contributed by atoms with Crippen molar-refractivity contribution in [2.75, 3.05) is 43.2 Å². The molecular weight excluding hydrogens is 535 g/mol. The van der Waals surface area contributed by atoms with Gasteiger partial charge >= 0.3 is 6.18 Å². The molecule has 1 saturated heterocycles. The number of rotatable bonds is 4. The Morgan fingerprint density at radius 3 is 2.56 bits per heavy atom. The molecule has 0 spiro atoms. The van der Waals surface area contributed by atoms with Crippen molar-refractivity contribution >= 4 is 23.1 Å². The SMILES string of the molecule is CCC(=O)N1CCc2c(c(N3C[C@H](C)N(C)c4cc(-c5cnn(C)c5)c(C(F)(F)F)cc43)nn2C2CCOCC2)C1. The van der Waals surface area contributed by atoms with Crippen LogP contribution in [0.2, 0.25) is 0 Å². The van der Waals surface area contributed by atoms with E-state index in [1.54, 1.807) is 19.3 Å². The van der Waals surface area contributed by atoms with E-state index in [4.69, 9.17) is 9.84 Å². The fourth-order valence-electron chi connectivity index (χ4n) is 6.35. The minimum atomic E-state index is -4.57. The quantitative estimate of drug-likeness (QED) is 0.443. The lowest BCUT2D eigenvalue weighted by Gasteiger charge is -2.42. The van der Waals surface area contributed by atoms with Crippen LogP contribution in [0.3, 0.4) is 0 Å². The Bertz CT molecular complexity index is 1460. The highest BCUT2D eigenvalue weighted by molar-refractivity contribution is 5.86. The van der Waals surface area contributed by atoms with Gasteiger partial charge < -0.3 is 19.4 Å². The maximum absolute atomic E-state index is 14.6. The predicted molar refractivity (Wildman–Crippen MR) is 149 cm³/mol. The van der Waals surface area contributed by atoms with Gasteiger partial charge in [-0.25, -0.2) is 0 Å². The van der Waals surface area contributed by atoms with E-state index < -0.39 is 11.7 Å². The number of likely N-dealkylation sites (N-methyl/N-ethyl adjacent to an activating group) is 1. The average Bonchev–Trinajstić information content (AvgIpc) is 3.57. The highest BCUT2D eigenvalue weighted by Crippen LogP contribution is 2.48. The number of nitrogens with zero attached hydrogens (tertiary/aromatic N) is 7. The first-order valence-corrected chi connectivity index (χ1v) is 14.3. The molecule has 0 aliphatic carbocycles. The number of benzene rings is 1. The second kappa shape index (κ2) is 10.4. The lowest BCUT2D eigenvalue weighted by molar-refractivity contribution is -0.137.